The van der Waals surface area contributed by atoms with Crippen LogP contribution in [0.3, 0.4) is 0 Å². The van der Waals surface area contributed by atoms with Crippen LogP contribution < -0.4 is 16.6 Å². The Morgan fingerprint density at radius 3 is 2.87 bits per heavy atom. The third kappa shape index (κ3) is 2.89. The Balaban J connectivity index is 1.64. The third-order valence-corrected chi connectivity index (χ3v) is 5.68. The van der Waals surface area contributed by atoms with Crippen molar-refractivity contribution in [3.05, 3.63) is 57.4 Å². The minimum atomic E-state index is -0.654. The lowest BCUT2D eigenvalue weighted by atomic mass is 10.1. The summed E-state index contributed by atoms with van der Waals surface area (Å²) < 4.78 is 1.81. The number of carbonyl (C=O) groups is 1. The first kappa shape index (κ1) is 18.6. The van der Waals surface area contributed by atoms with Gasteiger partial charge in [0.1, 0.15) is 17.8 Å². The maximum absolute atomic E-state index is 13.3. The van der Waals surface area contributed by atoms with Gasteiger partial charge in [0.25, 0.3) is 11.5 Å². The molecule has 30 heavy (non-hydrogen) atoms. The summed E-state index contributed by atoms with van der Waals surface area (Å²) in [6.45, 7) is 1.93. The van der Waals surface area contributed by atoms with Crippen LogP contribution in [0.5, 0.6) is 0 Å². The van der Waals surface area contributed by atoms with Gasteiger partial charge in [0.2, 0.25) is 0 Å². The minimum Gasteiger partial charge on any atom is -0.364 e. The lowest BCUT2D eigenvalue weighted by Gasteiger charge is -2.21. The van der Waals surface area contributed by atoms with Crippen LogP contribution in [0.1, 0.15) is 48.0 Å². The number of nitrogens with one attached hydrogen (secondary N) is 2. The quantitative estimate of drug-likeness (QED) is 0.452. The van der Waals surface area contributed by atoms with Gasteiger partial charge in [-0.3, -0.25) is 14.7 Å². The normalized spacial score (nSPS) is 14.9. The predicted octanol–water partition coefficient (Wildman–Crippen LogP) is 2.93. The molecule has 1 amide bonds. The van der Waals surface area contributed by atoms with Crippen molar-refractivity contribution in [2.24, 2.45) is 5.73 Å². The largest absolute Gasteiger partial charge is 0.364 e. The van der Waals surface area contributed by atoms with Crippen molar-refractivity contribution in [2.75, 3.05) is 5.32 Å². The highest BCUT2D eigenvalue weighted by Crippen LogP contribution is 2.38. The van der Waals surface area contributed by atoms with E-state index in [0.717, 1.165) is 23.9 Å². The molecule has 1 fully saturated rings. The number of H-pyrrole nitrogens is 1. The second kappa shape index (κ2) is 6.81. The molecular weight excluding hydrogens is 406 g/mol. The Kier molecular flexibility index (Phi) is 4.21. The standard InChI is InChI=1S/C20H18ClN7O2/c1-9(25-18-15-16(17(22)29)26-27-19(15)24-8-23-18)13-7-10-3-2-4-12(21)14(10)20(30)28(13)11-5-6-11/h2-4,7-9,11H,5-6H2,1H3,(H2,22,29)(H2,23,24,25,26,27). The molecule has 10 heteroatoms. The van der Waals surface area contributed by atoms with E-state index < -0.39 is 5.91 Å². The van der Waals surface area contributed by atoms with Gasteiger partial charge >= 0.3 is 0 Å². The number of fused-ring (bicyclic) bond motifs is 2. The predicted molar refractivity (Wildman–Crippen MR) is 114 cm³/mol. The first-order valence-corrected chi connectivity index (χ1v) is 9.92. The summed E-state index contributed by atoms with van der Waals surface area (Å²) >= 11 is 6.32. The van der Waals surface area contributed by atoms with Crippen molar-refractivity contribution in [3.63, 3.8) is 0 Å². The van der Waals surface area contributed by atoms with Crippen molar-refractivity contribution >= 4 is 45.1 Å². The van der Waals surface area contributed by atoms with E-state index in [4.69, 9.17) is 17.3 Å². The van der Waals surface area contributed by atoms with E-state index >= 15 is 0 Å². The molecule has 9 nitrogen and oxygen atoms in total. The van der Waals surface area contributed by atoms with Crippen molar-refractivity contribution in [1.29, 1.82) is 0 Å². The van der Waals surface area contributed by atoms with Crippen LogP contribution in [0.4, 0.5) is 5.82 Å². The lowest BCUT2D eigenvalue weighted by Crippen LogP contribution is -2.26. The maximum atomic E-state index is 13.3. The smallest absolute Gasteiger partial charge is 0.267 e. The molecule has 4 N–H and O–H groups in total. The van der Waals surface area contributed by atoms with Crippen LogP contribution in [0.2, 0.25) is 5.02 Å². The van der Waals surface area contributed by atoms with Gasteiger partial charge in [-0.05, 0) is 37.3 Å². The van der Waals surface area contributed by atoms with Crippen molar-refractivity contribution in [2.45, 2.75) is 31.8 Å². The zero-order chi connectivity index (χ0) is 21.0. The van der Waals surface area contributed by atoms with Gasteiger partial charge < -0.3 is 15.6 Å². The number of hydrogen-bond acceptors (Lipinski definition) is 6. The molecule has 0 bridgehead atoms. The van der Waals surface area contributed by atoms with Gasteiger partial charge in [0.05, 0.1) is 21.8 Å². The van der Waals surface area contributed by atoms with Gasteiger partial charge in [-0.2, -0.15) is 5.10 Å². The number of halogens is 1. The number of carbonyl (C=O) groups excluding carboxylic acids is 1. The molecule has 3 heterocycles. The summed E-state index contributed by atoms with van der Waals surface area (Å²) in [5.41, 5.74) is 6.63. The Morgan fingerprint density at radius 1 is 1.33 bits per heavy atom. The van der Waals surface area contributed by atoms with Crippen molar-refractivity contribution < 1.29 is 4.79 Å². The van der Waals surface area contributed by atoms with Gasteiger partial charge in [-0.1, -0.05) is 23.7 Å². The molecule has 1 saturated carbocycles. The van der Waals surface area contributed by atoms with E-state index in [0.29, 0.717) is 27.3 Å². The van der Waals surface area contributed by atoms with E-state index in [1.807, 2.05) is 29.7 Å². The molecular formula is C20H18ClN7O2. The zero-order valence-corrected chi connectivity index (χ0v) is 16.8. The molecule has 0 radical (unpaired) electrons. The molecule has 1 atom stereocenters. The fourth-order valence-electron chi connectivity index (χ4n) is 3.82. The molecule has 1 aliphatic carbocycles. The highest BCUT2D eigenvalue weighted by atomic mass is 35.5. The molecule has 0 saturated heterocycles. The Bertz CT molecular complexity index is 1370. The molecule has 0 aliphatic heterocycles. The number of nitrogens with two attached hydrogens (primary N) is 1. The number of anilines is 1. The van der Waals surface area contributed by atoms with Crippen LogP contribution in [0, 0.1) is 0 Å². The number of aromatic amines is 1. The van der Waals surface area contributed by atoms with E-state index in [1.54, 1.807) is 6.07 Å². The van der Waals surface area contributed by atoms with Gasteiger partial charge in [-0.25, -0.2) is 9.97 Å². The van der Waals surface area contributed by atoms with Crippen LogP contribution >= 0.6 is 11.6 Å². The molecule has 4 aromatic rings. The Hall–Kier alpha value is -3.46. The molecule has 1 aromatic carbocycles. The minimum absolute atomic E-state index is 0.0989. The van der Waals surface area contributed by atoms with Gasteiger partial charge in [0.15, 0.2) is 5.65 Å². The topological polar surface area (TPSA) is 132 Å². The number of aromatic nitrogens is 5. The second-order valence-corrected chi connectivity index (χ2v) is 7.84. The summed E-state index contributed by atoms with van der Waals surface area (Å²) in [5.74, 6) is -0.241. The van der Waals surface area contributed by atoms with Crippen LogP contribution in [-0.4, -0.2) is 30.6 Å². The van der Waals surface area contributed by atoms with E-state index in [2.05, 4.69) is 25.5 Å². The number of benzene rings is 1. The summed E-state index contributed by atoms with van der Waals surface area (Å²) in [4.78, 5) is 33.4. The van der Waals surface area contributed by atoms with Crippen LogP contribution in [-0.2, 0) is 0 Å². The van der Waals surface area contributed by atoms with E-state index in [-0.39, 0.29) is 23.3 Å². The van der Waals surface area contributed by atoms with Gasteiger partial charge in [0, 0.05) is 11.7 Å². The first-order valence-electron chi connectivity index (χ1n) is 9.54. The average Bonchev–Trinajstić information content (AvgIpc) is 3.44. The van der Waals surface area contributed by atoms with Crippen LogP contribution in [0.15, 0.2) is 35.4 Å². The second-order valence-electron chi connectivity index (χ2n) is 7.43. The Labute approximate surface area is 175 Å². The highest BCUT2D eigenvalue weighted by molar-refractivity contribution is 6.35. The maximum Gasteiger partial charge on any atom is 0.267 e. The number of hydrogen-bond donors (Lipinski definition) is 3. The van der Waals surface area contributed by atoms with Crippen LogP contribution in [0.25, 0.3) is 21.8 Å². The lowest BCUT2D eigenvalue weighted by molar-refractivity contribution is 0.0997. The fraction of sp³-hybridized carbons (Fsp3) is 0.250. The van der Waals surface area contributed by atoms with Gasteiger partial charge in [-0.15, -0.1) is 0 Å². The highest BCUT2D eigenvalue weighted by Gasteiger charge is 2.30. The Morgan fingerprint density at radius 2 is 2.13 bits per heavy atom. The van der Waals surface area contributed by atoms with Crippen molar-refractivity contribution in [1.82, 2.24) is 24.7 Å². The number of amides is 1. The molecule has 0 spiro atoms. The number of primary amides is 1. The monoisotopic (exact) mass is 423 g/mol. The van der Waals surface area contributed by atoms with Crippen molar-refractivity contribution in [3.8, 4) is 0 Å². The molecule has 1 aliphatic rings. The molecule has 3 aromatic heterocycles. The first-order chi connectivity index (χ1) is 14.5. The van der Waals surface area contributed by atoms with E-state index in [1.165, 1.54) is 6.33 Å². The summed E-state index contributed by atoms with van der Waals surface area (Å²) in [6, 6.07) is 7.26. The summed E-state index contributed by atoms with van der Waals surface area (Å²) in [5, 5.41) is 12.1. The number of pyridine rings is 1. The summed E-state index contributed by atoms with van der Waals surface area (Å²) in [6.07, 6.45) is 3.25. The van der Waals surface area contributed by atoms with E-state index in [9.17, 15) is 9.59 Å². The molecule has 1 unspecified atom stereocenters. The average molecular weight is 424 g/mol. The zero-order valence-electron chi connectivity index (χ0n) is 16.0. The molecule has 152 valence electrons. The number of rotatable bonds is 5. The number of nitrogens with zero attached hydrogens (tertiary/aromatic N) is 4. The summed E-state index contributed by atoms with van der Waals surface area (Å²) in [7, 11) is 0. The SMILES string of the molecule is CC(Nc1ncnc2n[nH]c(C(N)=O)c12)c1cc2cccc(Cl)c2c(=O)n1C1CC1. The molecule has 5 rings (SSSR count). The fourth-order valence-corrected chi connectivity index (χ4v) is 4.08. The third-order valence-electron chi connectivity index (χ3n) is 5.37.